The smallest absolute Gasteiger partial charge is 0.336 e. The highest BCUT2D eigenvalue weighted by molar-refractivity contribution is 7.80. The molecule has 0 saturated carbocycles. The molecule has 0 unspecified atom stereocenters. The van der Waals surface area contributed by atoms with E-state index in [1.807, 2.05) is 36.7 Å². The maximum absolute atomic E-state index is 11.5. The summed E-state index contributed by atoms with van der Waals surface area (Å²) in [6, 6.07) is 9.02. The lowest BCUT2D eigenvalue weighted by atomic mass is 10.1. The normalized spacial score (nSPS) is 10.8. The van der Waals surface area contributed by atoms with E-state index in [0.29, 0.717) is 17.2 Å². The summed E-state index contributed by atoms with van der Waals surface area (Å²) in [5.41, 5.74) is 2.89. The van der Waals surface area contributed by atoms with Crippen LogP contribution in [0, 0.1) is 6.92 Å². The molecule has 24 heavy (non-hydrogen) atoms. The minimum atomic E-state index is -0.356. The van der Waals surface area contributed by atoms with E-state index in [2.05, 4.69) is 15.7 Å². The van der Waals surface area contributed by atoms with Crippen LogP contribution < -0.4 is 16.3 Å². The molecule has 0 saturated heterocycles. The van der Waals surface area contributed by atoms with Gasteiger partial charge in [-0.25, -0.2) is 4.79 Å². The second kappa shape index (κ2) is 6.84. The molecule has 2 heterocycles. The molecule has 0 aliphatic carbocycles. The number of aromatic nitrogens is 2. The summed E-state index contributed by atoms with van der Waals surface area (Å²) in [4.78, 5) is 11.5. The van der Waals surface area contributed by atoms with Crippen molar-refractivity contribution in [2.24, 2.45) is 0 Å². The Balaban J connectivity index is 1.70. The predicted molar refractivity (Wildman–Crippen MR) is 98.2 cm³/mol. The highest BCUT2D eigenvalue weighted by Crippen LogP contribution is 2.20. The maximum atomic E-state index is 11.5. The van der Waals surface area contributed by atoms with E-state index < -0.39 is 0 Å². The van der Waals surface area contributed by atoms with Crippen LogP contribution in [-0.4, -0.2) is 14.9 Å². The molecule has 1 aromatic carbocycles. The summed E-state index contributed by atoms with van der Waals surface area (Å²) in [5.74, 6) is 0. The zero-order chi connectivity index (χ0) is 17.1. The van der Waals surface area contributed by atoms with Crippen molar-refractivity contribution in [3.8, 4) is 0 Å². The second-order valence-electron chi connectivity index (χ2n) is 5.41. The number of hydrogen-bond donors (Lipinski definition) is 2. The first-order valence-corrected chi connectivity index (χ1v) is 8.07. The van der Waals surface area contributed by atoms with Gasteiger partial charge < -0.3 is 15.1 Å². The fourth-order valence-corrected chi connectivity index (χ4v) is 2.73. The van der Waals surface area contributed by atoms with Crippen LogP contribution in [0.15, 0.2) is 45.7 Å². The van der Waals surface area contributed by atoms with Gasteiger partial charge in [-0.1, -0.05) is 0 Å². The van der Waals surface area contributed by atoms with E-state index in [1.165, 1.54) is 6.07 Å². The number of thiocarbonyl (C=S) groups is 1. The molecule has 2 N–H and O–H groups in total. The van der Waals surface area contributed by atoms with Crippen LogP contribution in [0.25, 0.3) is 11.0 Å². The monoisotopic (exact) mass is 342 g/mol. The van der Waals surface area contributed by atoms with Crippen molar-refractivity contribution in [3.05, 3.63) is 58.2 Å². The maximum Gasteiger partial charge on any atom is 0.336 e. The number of rotatable bonds is 4. The Hall–Kier alpha value is -2.67. The fraction of sp³-hybridized carbons (Fsp3) is 0.235. The van der Waals surface area contributed by atoms with Crippen molar-refractivity contribution in [2.75, 3.05) is 5.32 Å². The van der Waals surface area contributed by atoms with Crippen LogP contribution in [0.5, 0.6) is 0 Å². The van der Waals surface area contributed by atoms with E-state index >= 15 is 0 Å². The summed E-state index contributed by atoms with van der Waals surface area (Å²) >= 11 is 5.32. The summed E-state index contributed by atoms with van der Waals surface area (Å²) in [6.07, 6.45) is 1.77. The molecule has 124 valence electrons. The molecule has 0 amide bonds. The van der Waals surface area contributed by atoms with Gasteiger partial charge >= 0.3 is 5.63 Å². The number of nitrogens with one attached hydrogen (secondary N) is 2. The lowest BCUT2D eigenvalue weighted by Gasteiger charge is -2.12. The van der Waals surface area contributed by atoms with Crippen LogP contribution in [0.2, 0.25) is 0 Å². The molecule has 0 atom stereocenters. The van der Waals surface area contributed by atoms with Crippen LogP contribution in [0.1, 0.15) is 18.2 Å². The third-order valence-electron chi connectivity index (χ3n) is 3.74. The van der Waals surface area contributed by atoms with Crippen molar-refractivity contribution in [1.29, 1.82) is 0 Å². The number of benzene rings is 1. The Morgan fingerprint density at radius 1 is 1.33 bits per heavy atom. The third kappa shape index (κ3) is 3.46. The van der Waals surface area contributed by atoms with Crippen molar-refractivity contribution in [1.82, 2.24) is 15.1 Å². The summed E-state index contributed by atoms with van der Waals surface area (Å²) in [7, 11) is 0. The highest BCUT2D eigenvalue weighted by Gasteiger charge is 2.06. The summed E-state index contributed by atoms with van der Waals surface area (Å²) in [5, 5.41) is 11.9. The van der Waals surface area contributed by atoms with Gasteiger partial charge in [0, 0.05) is 35.9 Å². The molecule has 0 bridgehead atoms. The SMILES string of the molecule is CCn1nccc1CNC(=S)Nc1ccc2c(C)cc(=O)oc2c1. The molecule has 0 fully saturated rings. The fourth-order valence-electron chi connectivity index (χ4n) is 2.54. The molecule has 0 spiro atoms. The average Bonchev–Trinajstić information content (AvgIpc) is 3.00. The van der Waals surface area contributed by atoms with Gasteiger partial charge in [0.15, 0.2) is 5.11 Å². The Kier molecular flexibility index (Phi) is 4.61. The Bertz CT molecular complexity index is 945. The summed E-state index contributed by atoms with van der Waals surface area (Å²) in [6.45, 7) is 5.32. The predicted octanol–water partition coefficient (Wildman–Crippen LogP) is 2.80. The molecule has 3 rings (SSSR count). The quantitative estimate of drug-likeness (QED) is 0.561. The average molecular weight is 342 g/mol. The van der Waals surface area contributed by atoms with Crippen LogP contribution in [-0.2, 0) is 13.1 Å². The van der Waals surface area contributed by atoms with Gasteiger partial charge in [0.25, 0.3) is 0 Å². The zero-order valence-corrected chi connectivity index (χ0v) is 14.3. The van der Waals surface area contributed by atoms with E-state index in [9.17, 15) is 4.79 Å². The molecule has 0 radical (unpaired) electrons. The Labute approximate surface area is 144 Å². The highest BCUT2D eigenvalue weighted by atomic mass is 32.1. The van der Waals surface area contributed by atoms with Gasteiger partial charge in [-0.15, -0.1) is 0 Å². The lowest BCUT2D eigenvalue weighted by molar-refractivity contribution is 0.560. The number of fused-ring (bicyclic) bond motifs is 1. The molecule has 6 nitrogen and oxygen atoms in total. The van der Waals surface area contributed by atoms with E-state index in [0.717, 1.165) is 28.9 Å². The molecule has 0 aliphatic rings. The minimum Gasteiger partial charge on any atom is -0.423 e. The van der Waals surface area contributed by atoms with E-state index in [1.54, 1.807) is 12.3 Å². The van der Waals surface area contributed by atoms with Gasteiger partial charge in [-0.2, -0.15) is 5.10 Å². The van der Waals surface area contributed by atoms with E-state index in [-0.39, 0.29) is 5.63 Å². The molecule has 2 aromatic heterocycles. The van der Waals surface area contributed by atoms with Crippen molar-refractivity contribution >= 4 is 34.0 Å². The van der Waals surface area contributed by atoms with Gasteiger partial charge in [-0.05, 0) is 49.8 Å². The van der Waals surface area contributed by atoms with Crippen molar-refractivity contribution in [2.45, 2.75) is 26.9 Å². The first kappa shape index (κ1) is 16.2. The zero-order valence-electron chi connectivity index (χ0n) is 13.5. The first-order chi connectivity index (χ1) is 11.6. The standard InChI is InChI=1S/C17H18N4O2S/c1-3-21-13(6-7-19-21)10-18-17(24)20-12-4-5-14-11(2)8-16(22)23-15(14)9-12/h4-9H,3,10H2,1-2H3,(H2,18,20,24). The third-order valence-corrected chi connectivity index (χ3v) is 3.99. The Morgan fingerprint density at radius 2 is 2.17 bits per heavy atom. The molecule has 0 aliphatic heterocycles. The number of anilines is 1. The molecule has 3 aromatic rings. The van der Waals surface area contributed by atoms with Crippen molar-refractivity contribution in [3.63, 3.8) is 0 Å². The number of nitrogens with zero attached hydrogens (tertiary/aromatic N) is 2. The summed E-state index contributed by atoms with van der Waals surface area (Å²) < 4.78 is 7.15. The molecular formula is C17H18N4O2S. The largest absolute Gasteiger partial charge is 0.423 e. The van der Waals surface area contributed by atoms with Crippen LogP contribution in [0.3, 0.4) is 0 Å². The Morgan fingerprint density at radius 3 is 2.96 bits per heavy atom. The van der Waals surface area contributed by atoms with Gasteiger partial charge in [0.1, 0.15) is 5.58 Å². The molecular weight excluding hydrogens is 324 g/mol. The van der Waals surface area contributed by atoms with Gasteiger partial charge in [-0.3, -0.25) is 4.68 Å². The van der Waals surface area contributed by atoms with Gasteiger partial charge in [0.05, 0.1) is 12.2 Å². The lowest BCUT2D eigenvalue weighted by Crippen LogP contribution is -2.28. The topological polar surface area (TPSA) is 72.1 Å². The number of hydrogen-bond acceptors (Lipinski definition) is 4. The van der Waals surface area contributed by atoms with E-state index in [4.69, 9.17) is 16.6 Å². The van der Waals surface area contributed by atoms with Crippen molar-refractivity contribution < 1.29 is 4.42 Å². The second-order valence-corrected chi connectivity index (χ2v) is 5.81. The first-order valence-electron chi connectivity index (χ1n) is 7.67. The van der Waals surface area contributed by atoms with Crippen LogP contribution >= 0.6 is 12.2 Å². The number of aryl methyl sites for hydroxylation is 2. The molecule has 7 heteroatoms. The van der Waals surface area contributed by atoms with Crippen LogP contribution in [0.4, 0.5) is 5.69 Å². The minimum absolute atomic E-state index is 0.356. The van der Waals surface area contributed by atoms with Gasteiger partial charge in [0.2, 0.25) is 0 Å².